The Morgan fingerprint density at radius 2 is 2.00 bits per heavy atom. The Bertz CT molecular complexity index is 173. The van der Waals surface area contributed by atoms with Crippen molar-refractivity contribution in [3.05, 3.63) is 0 Å². The van der Waals surface area contributed by atoms with Crippen LogP contribution in [0.3, 0.4) is 0 Å². The van der Waals surface area contributed by atoms with Crippen molar-refractivity contribution in [1.82, 2.24) is 4.90 Å². The number of hydrogen-bond donors (Lipinski definition) is 0. The lowest BCUT2D eigenvalue weighted by molar-refractivity contribution is -0.126. The summed E-state index contributed by atoms with van der Waals surface area (Å²) in [7, 11) is 0.685. The normalized spacial score (nSPS) is 26.4. The molecule has 0 unspecified atom stereocenters. The molecule has 2 nitrogen and oxygen atoms in total. The molecule has 1 fully saturated rings. The molecule has 1 rings (SSSR count). The number of carbonyl (C=O) groups is 1. The Morgan fingerprint density at radius 3 is 2.18 bits per heavy atom. The molecule has 0 bridgehead atoms. The Kier molecular flexibility index (Phi) is 2.10. The van der Waals surface area contributed by atoms with E-state index in [-0.39, 0.29) is 0 Å². The van der Waals surface area contributed by atoms with Crippen LogP contribution < -0.4 is 0 Å². The molecule has 1 atom stereocenters. The maximum absolute atomic E-state index is 11.5. The van der Waals surface area contributed by atoms with Gasteiger partial charge in [0.1, 0.15) is 0 Å². The van der Waals surface area contributed by atoms with Crippen molar-refractivity contribution in [3.63, 3.8) is 0 Å². The van der Waals surface area contributed by atoms with Crippen LogP contribution in [0.15, 0.2) is 0 Å². The van der Waals surface area contributed by atoms with Gasteiger partial charge in [-0.1, -0.05) is 19.6 Å². The first-order valence-electron chi connectivity index (χ1n) is 4.18. The number of amides is 1. The lowest BCUT2D eigenvalue weighted by Gasteiger charge is -2.22. The molecule has 0 aliphatic carbocycles. The molecular weight excluding hydrogens is 154 g/mol. The summed E-state index contributed by atoms with van der Waals surface area (Å²) in [6.45, 7) is 7.78. The Morgan fingerprint density at radius 1 is 1.45 bits per heavy atom. The first-order valence-corrected chi connectivity index (χ1v) is 7.75. The van der Waals surface area contributed by atoms with Crippen LogP contribution in [0.1, 0.15) is 6.42 Å². The number of rotatable bonds is 1. The smallest absolute Gasteiger partial charge is 0.222 e. The first-order chi connectivity index (χ1) is 4.93. The Labute approximate surface area is 69.6 Å². The fourth-order valence-corrected chi connectivity index (χ4v) is 3.58. The molecule has 3 heteroatoms. The van der Waals surface area contributed by atoms with Crippen molar-refractivity contribution >= 4 is 14.0 Å². The molecule has 64 valence electrons. The van der Waals surface area contributed by atoms with Gasteiger partial charge in [-0.3, -0.25) is 4.79 Å². The van der Waals surface area contributed by atoms with E-state index >= 15 is 0 Å². The molecule has 0 saturated carbocycles. The molecule has 1 amide bonds. The van der Waals surface area contributed by atoms with Crippen LogP contribution in [0, 0.1) is 0 Å². The fourth-order valence-electron chi connectivity index (χ4n) is 1.63. The number of nitrogens with zero attached hydrogens (tertiary/aromatic N) is 1. The topological polar surface area (TPSA) is 20.3 Å². The molecule has 0 radical (unpaired) electrons. The van der Waals surface area contributed by atoms with E-state index in [9.17, 15) is 4.79 Å². The van der Waals surface area contributed by atoms with Gasteiger partial charge < -0.3 is 4.90 Å². The molecule has 11 heavy (non-hydrogen) atoms. The second-order valence-electron chi connectivity index (χ2n) is 4.47. The Balaban J connectivity index is 2.70. The van der Waals surface area contributed by atoms with Gasteiger partial charge in [0.25, 0.3) is 0 Å². The second-order valence-corrected chi connectivity index (χ2v) is 9.90. The van der Waals surface area contributed by atoms with Crippen LogP contribution in [-0.2, 0) is 4.79 Å². The van der Waals surface area contributed by atoms with E-state index < -0.39 is 8.07 Å². The van der Waals surface area contributed by atoms with E-state index in [0.29, 0.717) is 11.4 Å². The van der Waals surface area contributed by atoms with Crippen molar-refractivity contribution in [1.29, 1.82) is 0 Å². The van der Waals surface area contributed by atoms with Crippen molar-refractivity contribution in [2.75, 3.05) is 13.6 Å². The minimum atomic E-state index is -1.22. The third-order valence-electron chi connectivity index (χ3n) is 2.47. The maximum atomic E-state index is 11.5. The number of likely N-dealkylation sites (tertiary alicyclic amines) is 1. The van der Waals surface area contributed by atoms with Gasteiger partial charge in [-0.2, -0.15) is 0 Å². The summed E-state index contributed by atoms with van der Waals surface area (Å²) < 4.78 is 0. The summed E-state index contributed by atoms with van der Waals surface area (Å²) in [4.78, 5) is 13.4. The zero-order valence-electron chi connectivity index (χ0n) is 7.85. The van der Waals surface area contributed by atoms with E-state index in [1.807, 2.05) is 11.9 Å². The predicted molar refractivity (Wildman–Crippen MR) is 49.4 cm³/mol. The van der Waals surface area contributed by atoms with Gasteiger partial charge in [-0.25, -0.2) is 0 Å². The van der Waals surface area contributed by atoms with Crippen molar-refractivity contribution in [2.24, 2.45) is 0 Å². The van der Waals surface area contributed by atoms with Crippen molar-refractivity contribution in [3.8, 4) is 0 Å². The van der Waals surface area contributed by atoms with E-state index in [4.69, 9.17) is 0 Å². The van der Waals surface area contributed by atoms with Crippen molar-refractivity contribution in [2.45, 2.75) is 31.6 Å². The third-order valence-corrected chi connectivity index (χ3v) is 5.10. The van der Waals surface area contributed by atoms with Gasteiger partial charge in [0, 0.05) is 19.1 Å². The molecule has 1 aliphatic rings. The van der Waals surface area contributed by atoms with Crippen LogP contribution in [-0.4, -0.2) is 32.5 Å². The minimum absolute atomic E-state index is 0.379. The first kappa shape index (κ1) is 8.78. The van der Waals surface area contributed by atoms with Gasteiger partial charge in [-0.05, 0) is 6.42 Å². The van der Waals surface area contributed by atoms with Gasteiger partial charge in [0.05, 0.1) is 8.07 Å². The molecule has 1 aliphatic heterocycles. The molecule has 0 aromatic rings. The Hall–Kier alpha value is -0.313. The molecule has 0 N–H and O–H groups in total. The van der Waals surface area contributed by atoms with Crippen LogP contribution >= 0.6 is 0 Å². The highest BCUT2D eigenvalue weighted by molar-refractivity contribution is 6.80. The highest BCUT2D eigenvalue weighted by atomic mass is 28.3. The molecule has 1 saturated heterocycles. The molecule has 0 aromatic carbocycles. The van der Waals surface area contributed by atoms with E-state index in [0.717, 1.165) is 13.0 Å². The quantitative estimate of drug-likeness (QED) is 0.548. The summed E-state index contributed by atoms with van der Waals surface area (Å²) in [6.07, 6.45) is 1.09. The predicted octanol–water partition coefficient (Wildman–Crippen LogP) is 1.56. The highest BCUT2D eigenvalue weighted by Crippen LogP contribution is 2.31. The van der Waals surface area contributed by atoms with Gasteiger partial charge >= 0.3 is 0 Å². The summed E-state index contributed by atoms with van der Waals surface area (Å²) in [5, 5.41) is 0. The van der Waals surface area contributed by atoms with Crippen LogP contribution in [0.25, 0.3) is 0 Å². The second kappa shape index (κ2) is 2.63. The highest BCUT2D eigenvalue weighted by Gasteiger charge is 2.38. The standard InChI is InChI=1S/C8H17NOSi/c1-9-6-5-7(8(9)10)11(2,3)4/h7H,5-6H2,1-4H3/t7-/m1/s1. The molecule has 0 spiro atoms. The summed E-state index contributed by atoms with van der Waals surface area (Å²) in [5.74, 6) is 0.379. The molecular formula is C8H17NOSi. The van der Waals surface area contributed by atoms with E-state index in [1.165, 1.54) is 0 Å². The largest absolute Gasteiger partial charge is 0.346 e. The molecule has 1 heterocycles. The van der Waals surface area contributed by atoms with Crippen molar-refractivity contribution < 1.29 is 4.79 Å². The van der Waals surface area contributed by atoms with E-state index in [1.54, 1.807) is 0 Å². The number of carbonyl (C=O) groups excluding carboxylic acids is 1. The third kappa shape index (κ3) is 1.64. The average molecular weight is 171 g/mol. The summed E-state index contributed by atoms with van der Waals surface area (Å²) >= 11 is 0. The zero-order chi connectivity index (χ0) is 8.65. The SMILES string of the molecule is CN1CC[C@@H]([Si](C)(C)C)C1=O. The number of hydrogen-bond acceptors (Lipinski definition) is 1. The van der Waals surface area contributed by atoms with Gasteiger partial charge in [0.15, 0.2) is 0 Å². The summed E-state index contributed by atoms with van der Waals surface area (Å²) in [6, 6.07) is 0. The van der Waals surface area contributed by atoms with Crippen LogP contribution in [0.5, 0.6) is 0 Å². The maximum Gasteiger partial charge on any atom is 0.222 e. The van der Waals surface area contributed by atoms with E-state index in [2.05, 4.69) is 19.6 Å². The lowest BCUT2D eigenvalue weighted by atomic mass is 10.4. The zero-order valence-corrected chi connectivity index (χ0v) is 8.85. The lowest BCUT2D eigenvalue weighted by Crippen LogP contribution is -2.34. The van der Waals surface area contributed by atoms with Crippen LogP contribution in [0.4, 0.5) is 0 Å². The average Bonchev–Trinajstić information content (AvgIpc) is 2.11. The minimum Gasteiger partial charge on any atom is -0.346 e. The van der Waals surface area contributed by atoms with Gasteiger partial charge in [0.2, 0.25) is 5.91 Å². The van der Waals surface area contributed by atoms with Gasteiger partial charge in [-0.15, -0.1) is 0 Å². The summed E-state index contributed by atoms with van der Waals surface area (Å²) in [5.41, 5.74) is 0.382. The van der Waals surface area contributed by atoms with Crippen LogP contribution in [0.2, 0.25) is 25.2 Å². The molecule has 0 aromatic heterocycles. The monoisotopic (exact) mass is 171 g/mol. The fraction of sp³-hybridized carbons (Fsp3) is 0.875.